The molecule has 1 aromatic heterocycles. The van der Waals surface area contributed by atoms with E-state index in [0.29, 0.717) is 15.0 Å². The number of ether oxygens (including phenoxy) is 1. The SMILES string of the molecule is CC(O)c1cc(Br)cc([N+](=O)[O-])c1OCc1nccs1. The molecule has 0 amide bonds. The summed E-state index contributed by atoms with van der Waals surface area (Å²) in [5, 5.41) is 23.4. The van der Waals surface area contributed by atoms with E-state index in [1.807, 2.05) is 0 Å². The number of nitro groups is 1. The van der Waals surface area contributed by atoms with Crippen LogP contribution in [0.3, 0.4) is 0 Å². The average Bonchev–Trinajstić information content (AvgIpc) is 2.89. The first kappa shape index (κ1) is 14.9. The van der Waals surface area contributed by atoms with Crippen molar-refractivity contribution in [1.29, 1.82) is 0 Å². The number of nitrogens with zero attached hydrogens (tertiary/aromatic N) is 2. The number of benzene rings is 1. The molecule has 0 fully saturated rings. The lowest BCUT2D eigenvalue weighted by Crippen LogP contribution is -2.04. The van der Waals surface area contributed by atoms with Gasteiger partial charge in [-0.25, -0.2) is 4.98 Å². The largest absolute Gasteiger partial charge is 0.479 e. The van der Waals surface area contributed by atoms with Gasteiger partial charge in [0.2, 0.25) is 5.75 Å². The van der Waals surface area contributed by atoms with E-state index in [1.165, 1.54) is 24.3 Å². The molecule has 1 N–H and O–H groups in total. The van der Waals surface area contributed by atoms with Crippen molar-refractivity contribution in [2.45, 2.75) is 19.6 Å². The average molecular weight is 359 g/mol. The molecule has 0 saturated carbocycles. The molecule has 0 radical (unpaired) electrons. The third-order valence-electron chi connectivity index (χ3n) is 2.53. The number of nitro benzene ring substituents is 1. The van der Waals surface area contributed by atoms with Crippen LogP contribution in [0, 0.1) is 10.1 Å². The number of halogens is 1. The summed E-state index contributed by atoms with van der Waals surface area (Å²) in [5.74, 6) is 0.0726. The number of aromatic nitrogens is 1. The fourth-order valence-electron chi connectivity index (χ4n) is 1.66. The normalized spacial score (nSPS) is 12.2. The molecule has 0 spiro atoms. The number of thiazole rings is 1. The van der Waals surface area contributed by atoms with Gasteiger partial charge in [-0.3, -0.25) is 10.1 Å². The Bertz CT molecular complexity index is 616. The molecule has 8 heteroatoms. The van der Waals surface area contributed by atoms with Crippen LogP contribution in [0.4, 0.5) is 5.69 Å². The minimum atomic E-state index is -0.877. The Hall–Kier alpha value is -1.51. The van der Waals surface area contributed by atoms with Gasteiger partial charge in [0.05, 0.1) is 11.0 Å². The zero-order valence-electron chi connectivity index (χ0n) is 10.4. The molecular weight excluding hydrogens is 348 g/mol. The molecule has 2 aromatic rings. The molecule has 0 aliphatic heterocycles. The van der Waals surface area contributed by atoms with Crippen LogP contribution in [0.15, 0.2) is 28.2 Å². The predicted octanol–water partition coefficient (Wildman–Crippen LogP) is 3.45. The van der Waals surface area contributed by atoms with E-state index in [4.69, 9.17) is 4.74 Å². The van der Waals surface area contributed by atoms with Gasteiger partial charge in [0, 0.05) is 27.7 Å². The van der Waals surface area contributed by atoms with Gasteiger partial charge in [0.1, 0.15) is 11.6 Å². The number of rotatable bonds is 5. The van der Waals surface area contributed by atoms with Crippen LogP contribution in [0.25, 0.3) is 0 Å². The van der Waals surface area contributed by atoms with Crippen LogP contribution < -0.4 is 4.74 Å². The molecule has 2 rings (SSSR count). The van der Waals surface area contributed by atoms with Crippen molar-refractivity contribution >= 4 is 33.0 Å². The third-order valence-corrected chi connectivity index (χ3v) is 3.74. The van der Waals surface area contributed by atoms with Gasteiger partial charge < -0.3 is 9.84 Å². The highest BCUT2D eigenvalue weighted by molar-refractivity contribution is 9.10. The molecule has 1 unspecified atom stereocenters. The van der Waals surface area contributed by atoms with Crippen molar-refractivity contribution in [3.63, 3.8) is 0 Å². The zero-order valence-corrected chi connectivity index (χ0v) is 12.8. The van der Waals surface area contributed by atoms with E-state index < -0.39 is 11.0 Å². The molecule has 20 heavy (non-hydrogen) atoms. The summed E-state index contributed by atoms with van der Waals surface area (Å²) in [6.07, 6.45) is 0.757. The topological polar surface area (TPSA) is 85.5 Å². The molecular formula is C12H11BrN2O4S. The quantitative estimate of drug-likeness (QED) is 0.653. The van der Waals surface area contributed by atoms with Crippen LogP contribution >= 0.6 is 27.3 Å². The van der Waals surface area contributed by atoms with E-state index in [9.17, 15) is 15.2 Å². The summed E-state index contributed by atoms with van der Waals surface area (Å²) in [5.41, 5.74) is 0.175. The summed E-state index contributed by atoms with van der Waals surface area (Å²) in [6.45, 7) is 1.65. The summed E-state index contributed by atoms with van der Waals surface area (Å²) >= 11 is 4.59. The highest BCUT2D eigenvalue weighted by Crippen LogP contribution is 2.38. The second-order valence-electron chi connectivity index (χ2n) is 3.99. The van der Waals surface area contributed by atoms with E-state index in [-0.39, 0.29) is 18.0 Å². The molecule has 0 bridgehead atoms. The van der Waals surface area contributed by atoms with Crippen molar-refractivity contribution in [2.24, 2.45) is 0 Å². The molecule has 1 atom stereocenters. The van der Waals surface area contributed by atoms with Gasteiger partial charge in [-0.15, -0.1) is 11.3 Å². The van der Waals surface area contributed by atoms with Gasteiger partial charge in [0.25, 0.3) is 0 Å². The summed E-state index contributed by atoms with van der Waals surface area (Å²) in [4.78, 5) is 14.6. The Kier molecular flexibility index (Phi) is 4.69. The summed E-state index contributed by atoms with van der Waals surface area (Å²) in [6, 6.07) is 2.96. The summed E-state index contributed by atoms with van der Waals surface area (Å²) < 4.78 is 6.03. The fraction of sp³-hybridized carbons (Fsp3) is 0.250. The highest BCUT2D eigenvalue weighted by Gasteiger charge is 2.23. The molecule has 6 nitrogen and oxygen atoms in total. The molecule has 1 heterocycles. The lowest BCUT2D eigenvalue weighted by molar-refractivity contribution is -0.386. The standard InChI is InChI=1S/C12H11BrN2O4S/c1-7(16)9-4-8(13)5-10(15(17)18)12(9)19-6-11-14-2-3-20-11/h2-5,7,16H,6H2,1H3. The molecule has 0 aliphatic carbocycles. The van der Waals surface area contributed by atoms with Crippen LogP contribution in [-0.4, -0.2) is 15.0 Å². The zero-order chi connectivity index (χ0) is 14.7. The van der Waals surface area contributed by atoms with Crippen LogP contribution in [0.5, 0.6) is 5.75 Å². The number of aliphatic hydroxyl groups excluding tert-OH is 1. The number of hydrogen-bond donors (Lipinski definition) is 1. The first-order valence-electron chi connectivity index (χ1n) is 5.66. The highest BCUT2D eigenvalue weighted by atomic mass is 79.9. The Balaban J connectivity index is 2.39. The maximum absolute atomic E-state index is 11.1. The third kappa shape index (κ3) is 3.33. The first-order chi connectivity index (χ1) is 9.49. The maximum atomic E-state index is 11.1. The van der Waals surface area contributed by atoms with Gasteiger partial charge in [-0.2, -0.15) is 0 Å². The maximum Gasteiger partial charge on any atom is 0.312 e. The van der Waals surface area contributed by atoms with Crippen molar-refractivity contribution < 1.29 is 14.8 Å². The lowest BCUT2D eigenvalue weighted by atomic mass is 10.1. The number of aliphatic hydroxyl groups is 1. The molecule has 0 aliphatic rings. The van der Waals surface area contributed by atoms with Crippen molar-refractivity contribution in [2.75, 3.05) is 0 Å². The number of hydrogen-bond acceptors (Lipinski definition) is 6. The van der Waals surface area contributed by atoms with Gasteiger partial charge in [-0.05, 0) is 13.0 Å². The first-order valence-corrected chi connectivity index (χ1v) is 7.33. The lowest BCUT2D eigenvalue weighted by Gasteiger charge is -2.13. The molecule has 106 valence electrons. The molecule has 0 saturated heterocycles. The van der Waals surface area contributed by atoms with Gasteiger partial charge >= 0.3 is 5.69 Å². The monoisotopic (exact) mass is 358 g/mol. The van der Waals surface area contributed by atoms with Crippen molar-refractivity contribution in [3.8, 4) is 5.75 Å². The second kappa shape index (κ2) is 6.29. The van der Waals surface area contributed by atoms with E-state index in [1.54, 1.807) is 17.6 Å². The second-order valence-corrected chi connectivity index (χ2v) is 5.89. The van der Waals surface area contributed by atoms with E-state index >= 15 is 0 Å². The van der Waals surface area contributed by atoms with Crippen LogP contribution in [0.1, 0.15) is 23.6 Å². The van der Waals surface area contributed by atoms with E-state index in [0.717, 1.165) is 0 Å². The minimum absolute atomic E-state index is 0.0726. The fourth-order valence-corrected chi connectivity index (χ4v) is 2.65. The summed E-state index contributed by atoms with van der Waals surface area (Å²) in [7, 11) is 0. The van der Waals surface area contributed by atoms with Crippen molar-refractivity contribution in [1.82, 2.24) is 4.98 Å². The van der Waals surface area contributed by atoms with Crippen LogP contribution in [0.2, 0.25) is 0 Å². The Morgan fingerprint density at radius 3 is 2.90 bits per heavy atom. The molecule has 1 aromatic carbocycles. The van der Waals surface area contributed by atoms with Crippen LogP contribution in [-0.2, 0) is 6.61 Å². The van der Waals surface area contributed by atoms with Gasteiger partial charge in [-0.1, -0.05) is 15.9 Å². The minimum Gasteiger partial charge on any atom is -0.479 e. The Morgan fingerprint density at radius 1 is 1.60 bits per heavy atom. The van der Waals surface area contributed by atoms with Crippen molar-refractivity contribution in [3.05, 3.63) is 48.9 Å². The smallest absolute Gasteiger partial charge is 0.312 e. The Labute approximate surface area is 127 Å². The van der Waals surface area contributed by atoms with Gasteiger partial charge in [0.15, 0.2) is 0 Å². The van der Waals surface area contributed by atoms with E-state index in [2.05, 4.69) is 20.9 Å². The Morgan fingerprint density at radius 2 is 2.35 bits per heavy atom. The predicted molar refractivity (Wildman–Crippen MR) is 77.9 cm³/mol.